The van der Waals surface area contributed by atoms with Gasteiger partial charge in [0.15, 0.2) is 0 Å². The molecule has 0 heterocycles. The number of carbonyl (C=O) groups is 1. The van der Waals surface area contributed by atoms with Crippen LogP contribution in [0.3, 0.4) is 0 Å². The molecule has 0 unspecified atom stereocenters. The quantitative estimate of drug-likeness (QED) is 0.434. The lowest BCUT2D eigenvalue weighted by Gasteiger charge is -2.15. The second kappa shape index (κ2) is 8.97. The fraction of sp³-hybridized carbons (Fsp3) is 0.500. The number of ether oxygens (including phenoxy) is 1. The van der Waals surface area contributed by atoms with Crippen LogP contribution in [-0.4, -0.2) is 35.6 Å². The summed E-state index contributed by atoms with van der Waals surface area (Å²) in [6, 6.07) is 5.63. The van der Waals surface area contributed by atoms with E-state index in [9.17, 15) is 4.79 Å². The van der Waals surface area contributed by atoms with Crippen molar-refractivity contribution in [2.24, 2.45) is 0 Å². The summed E-state index contributed by atoms with van der Waals surface area (Å²) in [5, 5.41) is 9.51. The van der Waals surface area contributed by atoms with Crippen molar-refractivity contribution in [3.8, 4) is 5.75 Å². The normalized spacial score (nSPS) is 10.3. The summed E-state index contributed by atoms with van der Waals surface area (Å²) in [4.78, 5) is 12.1. The Morgan fingerprint density at radius 1 is 1.40 bits per heavy atom. The minimum Gasteiger partial charge on any atom is -0.496 e. The molecule has 0 aliphatic carbocycles. The van der Waals surface area contributed by atoms with E-state index >= 15 is 0 Å². The van der Waals surface area contributed by atoms with Gasteiger partial charge in [0.1, 0.15) is 5.75 Å². The van der Waals surface area contributed by atoms with Gasteiger partial charge in [-0.1, -0.05) is 24.1 Å². The minimum absolute atomic E-state index is 0.236. The molecular weight excluding hydrogens is 298 g/mol. The molecule has 0 saturated heterocycles. The summed E-state index contributed by atoms with van der Waals surface area (Å²) < 4.78 is 5.29. The lowest BCUT2D eigenvalue weighted by atomic mass is 10.1. The zero-order chi connectivity index (χ0) is 15.0. The van der Waals surface area contributed by atoms with Gasteiger partial charge in [-0.15, -0.1) is 0 Å². The Labute approximate surface area is 130 Å². The van der Waals surface area contributed by atoms with E-state index in [2.05, 4.69) is 12.6 Å². The number of unbranched alkanes of at least 4 members (excludes halogenated alkanes) is 2. The first-order chi connectivity index (χ1) is 9.58. The number of aryl methyl sites for hydroxylation is 1. The number of benzene rings is 1. The van der Waals surface area contributed by atoms with Crippen molar-refractivity contribution in [3.63, 3.8) is 0 Å². The van der Waals surface area contributed by atoms with Gasteiger partial charge in [-0.25, -0.2) is 4.79 Å². The van der Waals surface area contributed by atoms with E-state index in [1.807, 2.05) is 18.2 Å². The first kappa shape index (κ1) is 17.0. The minimum atomic E-state index is -0.917. The molecule has 0 aromatic heterocycles. The predicted molar refractivity (Wildman–Crippen MR) is 84.1 cm³/mol. The van der Waals surface area contributed by atoms with Gasteiger partial charge >= 0.3 is 6.09 Å². The number of thiol groups is 1. The molecule has 1 aromatic rings. The third-order valence-corrected chi connectivity index (χ3v) is 3.64. The van der Waals surface area contributed by atoms with Gasteiger partial charge < -0.3 is 9.84 Å². The van der Waals surface area contributed by atoms with Crippen molar-refractivity contribution in [2.45, 2.75) is 25.7 Å². The molecule has 1 rings (SSSR count). The number of carboxylic acid groups (broad SMARTS) is 1. The largest absolute Gasteiger partial charge is 0.496 e. The molecule has 6 heteroatoms. The first-order valence-corrected chi connectivity index (χ1v) is 7.50. The van der Waals surface area contributed by atoms with Crippen LogP contribution in [0.5, 0.6) is 5.75 Å². The average Bonchev–Trinajstić information content (AvgIpc) is 2.43. The van der Waals surface area contributed by atoms with Gasteiger partial charge in [0.25, 0.3) is 0 Å². The molecule has 0 spiro atoms. The molecule has 1 aromatic carbocycles. The molecule has 4 nitrogen and oxygen atoms in total. The van der Waals surface area contributed by atoms with Gasteiger partial charge in [-0.05, 0) is 37.0 Å². The maximum absolute atomic E-state index is 10.8. The zero-order valence-corrected chi connectivity index (χ0v) is 13.2. The SMILES string of the molecule is COc1cc(Cl)ccc1CCCCCN(CS)C(=O)O. The van der Waals surface area contributed by atoms with Gasteiger partial charge in [-0.2, -0.15) is 12.6 Å². The van der Waals surface area contributed by atoms with Crippen molar-refractivity contribution in [1.82, 2.24) is 4.90 Å². The van der Waals surface area contributed by atoms with Crippen molar-refractivity contribution in [1.29, 1.82) is 0 Å². The molecule has 20 heavy (non-hydrogen) atoms. The van der Waals surface area contributed by atoms with Crippen LogP contribution in [0.25, 0.3) is 0 Å². The Hall–Kier alpha value is -1.07. The van der Waals surface area contributed by atoms with Crippen molar-refractivity contribution in [3.05, 3.63) is 28.8 Å². The van der Waals surface area contributed by atoms with Crippen LogP contribution in [0.4, 0.5) is 4.79 Å². The summed E-state index contributed by atoms with van der Waals surface area (Å²) in [7, 11) is 1.63. The number of amides is 1. The molecule has 0 atom stereocenters. The molecule has 0 saturated carbocycles. The Balaban J connectivity index is 2.33. The maximum Gasteiger partial charge on any atom is 0.407 e. The van der Waals surface area contributed by atoms with Crippen LogP contribution in [-0.2, 0) is 6.42 Å². The van der Waals surface area contributed by atoms with Crippen LogP contribution in [0.1, 0.15) is 24.8 Å². The molecule has 0 bridgehead atoms. The number of rotatable bonds is 8. The van der Waals surface area contributed by atoms with Gasteiger partial charge in [0, 0.05) is 11.6 Å². The summed E-state index contributed by atoms with van der Waals surface area (Å²) in [6.45, 7) is 0.524. The van der Waals surface area contributed by atoms with Gasteiger partial charge in [-0.3, -0.25) is 4.90 Å². The summed E-state index contributed by atoms with van der Waals surface area (Å²) >= 11 is 9.90. The second-order valence-corrected chi connectivity index (χ2v) is 5.17. The molecule has 112 valence electrons. The smallest absolute Gasteiger partial charge is 0.407 e. The van der Waals surface area contributed by atoms with E-state index in [1.165, 1.54) is 4.90 Å². The highest BCUT2D eigenvalue weighted by atomic mass is 35.5. The number of hydrogen-bond donors (Lipinski definition) is 2. The number of halogens is 1. The second-order valence-electron chi connectivity index (χ2n) is 4.45. The standard InChI is InChI=1S/C14H20ClNO3S/c1-19-13-9-12(15)7-6-11(13)5-3-2-4-8-16(10-20)14(17)18/h6-7,9,20H,2-5,8,10H2,1H3,(H,17,18). The lowest BCUT2D eigenvalue weighted by Crippen LogP contribution is -2.29. The Kier molecular flexibility index (Phi) is 7.62. The van der Waals surface area contributed by atoms with Crippen LogP contribution < -0.4 is 4.74 Å². The van der Waals surface area contributed by atoms with E-state index in [4.69, 9.17) is 21.4 Å². The third kappa shape index (κ3) is 5.51. The highest BCUT2D eigenvalue weighted by molar-refractivity contribution is 7.80. The Morgan fingerprint density at radius 2 is 2.15 bits per heavy atom. The monoisotopic (exact) mass is 317 g/mol. The summed E-state index contributed by atoms with van der Waals surface area (Å²) in [5.74, 6) is 1.04. The van der Waals surface area contributed by atoms with Crippen LogP contribution in [0.2, 0.25) is 5.02 Å². The van der Waals surface area contributed by atoms with E-state index in [1.54, 1.807) is 7.11 Å². The molecule has 0 aliphatic rings. The molecule has 0 radical (unpaired) electrons. The van der Waals surface area contributed by atoms with Crippen molar-refractivity contribution < 1.29 is 14.6 Å². The number of methoxy groups -OCH3 is 1. The number of nitrogens with zero attached hydrogens (tertiary/aromatic N) is 1. The highest BCUT2D eigenvalue weighted by Gasteiger charge is 2.08. The van der Waals surface area contributed by atoms with Gasteiger partial charge in [0.05, 0.1) is 13.0 Å². The molecule has 1 amide bonds. The fourth-order valence-corrected chi connectivity index (χ4v) is 2.37. The molecule has 1 N–H and O–H groups in total. The van der Waals surface area contributed by atoms with E-state index in [-0.39, 0.29) is 5.88 Å². The Morgan fingerprint density at radius 3 is 2.75 bits per heavy atom. The zero-order valence-electron chi connectivity index (χ0n) is 11.5. The summed E-state index contributed by atoms with van der Waals surface area (Å²) in [5.41, 5.74) is 1.13. The third-order valence-electron chi connectivity index (χ3n) is 3.06. The topological polar surface area (TPSA) is 49.8 Å². The van der Waals surface area contributed by atoms with E-state index < -0.39 is 6.09 Å². The maximum atomic E-state index is 10.8. The number of hydrogen-bond acceptors (Lipinski definition) is 3. The molecule has 0 aliphatic heterocycles. The van der Waals surface area contributed by atoms with E-state index in [0.29, 0.717) is 11.6 Å². The predicted octanol–water partition coefficient (Wildman–Crippen LogP) is 3.93. The molecular formula is C14H20ClNO3S. The fourth-order valence-electron chi connectivity index (χ4n) is 1.95. The van der Waals surface area contributed by atoms with Crippen LogP contribution in [0, 0.1) is 0 Å². The Bertz CT molecular complexity index is 442. The molecule has 0 fully saturated rings. The van der Waals surface area contributed by atoms with Crippen LogP contribution in [0.15, 0.2) is 18.2 Å². The average molecular weight is 318 g/mol. The van der Waals surface area contributed by atoms with Crippen molar-refractivity contribution in [2.75, 3.05) is 19.5 Å². The highest BCUT2D eigenvalue weighted by Crippen LogP contribution is 2.24. The van der Waals surface area contributed by atoms with E-state index in [0.717, 1.165) is 37.0 Å². The van der Waals surface area contributed by atoms with Crippen LogP contribution >= 0.6 is 24.2 Å². The first-order valence-electron chi connectivity index (χ1n) is 6.49. The lowest BCUT2D eigenvalue weighted by molar-refractivity contribution is 0.153. The van der Waals surface area contributed by atoms with Gasteiger partial charge in [0.2, 0.25) is 0 Å². The summed E-state index contributed by atoms with van der Waals surface area (Å²) in [6.07, 6.45) is 2.76. The van der Waals surface area contributed by atoms with Crippen molar-refractivity contribution >= 4 is 30.3 Å².